The zero-order chi connectivity index (χ0) is 13.8. The zero-order valence-electron chi connectivity index (χ0n) is 11.4. The van der Waals surface area contributed by atoms with Gasteiger partial charge in [0.25, 0.3) is 0 Å². The lowest BCUT2D eigenvalue weighted by atomic mass is 9.94. The summed E-state index contributed by atoms with van der Waals surface area (Å²) in [6.07, 6.45) is 1.12. The van der Waals surface area contributed by atoms with E-state index in [0.29, 0.717) is 5.92 Å². The van der Waals surface area contributed by atoms with Crippen LogP contribution in [0.4, 0.5) is 4.39 Å². The van der Waals surface area contributed by atoms with Crippen molar-refractivity contribution in [3.05, 3.63) is 71.0 Å². The monoisotopic (exact) mass is 257 g/mol. The van der Waals surface area contributed by atoms with Gasteiger partial charge in [0.05, 0.1) is 6.04 Å². The van der Waals surface area contributed by atoms with E-state index in [0.717, 1.165) is 17.5 Å². The number of halogens is 1. The van der Waals surface area contributed by atoms with E-state index in [2.05, 4.69) is 26.0 Å². The lowest BCUT2D eigenvalue weighted by molar-refractivity contribution is 0.623. The highest BCUT2D eigenvalue weighted by Crippen LogP contribution is 2.24. The highest BCUT2D eigenvalue weighted by atomic mass is 19.1. The third-order valence-corrected chi connectivity index (χ3v) is 3.68. The Labute approximate surface area is 114 Å². The van der Waals surface area contributed by atoms with E-state index >= 15 is 0 Å². The fourth-order valence-corrected chi connectivity index (χ4v) is 2.16. The van der Waals surface area contributed by atoms with Crippen LogP contribution in [0.2, 0.25) is 0 Å². The molecule has 2 rings (SSSR count). The molecule has 0 saturated heterocycles. The van der Waals surface area contributed by atoms with E-state index in [1.54, 1.807) is 6.07 Å². The van der Waals surface area contributed by atoms with Gasteiger partial charge in [0.15, 0.2) is 0 Å². The van der Waals surface area contributed by atoms with Gasteiger partial charge in [-0.25, -0.2) is 4.39 Å². The number of rotatable bonds is 4. The first-order chi connectivity index (χ1) is 9.11. The summed E-state index contributed by atoms with van der Waals surface area (Å²) in [5.74, 6) is 0.309. The van der Waals surface area contributed by atoms with Crippen molar-refractivity contribution in [3.8, 4) is 0 Å². The van der Waals surface area contributed by atoms with Gasteiger partial charge < -0.3 is 5.73 Å². The molecular formula is C17H20FN. The molecule has 2 atom stereocenters. The summed E-state index contributed by atoms with van der Waals surface area (Å²) in [6, 6.07) is 14.5. The van der Waals surface area contributed by atoms with E-state index in [4.69, 9.17) is 5.73 Å². The Morgan fingerprint density at radius 1 is 1.00 bits per heavy atom. The standard InChI is InChI=1S/C17H20FN/c1-3-12(2)13-7-9-14(10-8-13)17(19)15-5-4-6-16(18)11-15/h4-12,17H,3,19H2,1-2H3. The van der Waals surface area contributed by atoms with Crippen LogP contribution in [-0.2, 0) is 0 Å². The summed E-state index contributed by atoms with van der Waals surface area (Å²) >= 11 is 0. The Morgan fingerprint density at radius 2 is 1.63 bits per heavy atom. The second-order valence-corrected chi connectivity index (χ2v) is 5.01. The second kappa shape index (κ2) is 5.98. The molecule has 2 N–H and O–H groups in total. The van der Waals surface area contributed by atoms with Crippen molar-refractivity contribution in [2.75, 3.05) is 0 Å². The molecule has 0 bridgehead atoms. The third kappa shape index (κ3) is 3.21. The molecule has 0 aliphatic heterocycles. The van der Waals surface area contributed by atoms with Crippen LogP contribution in [0, 0.1) is 5.82 Å². The first kappa shape index (κ1) is 13.8. The molecule has 2 aromatic rings. The lowest BCUT2D eigenvalue weighted by Crippen LogP contribution is -2.12. The Bertz CT molecular complexity index is 533. The highest BCUT2D eigenvalue weighted by Gasteiger charge is 2.10. The quantitative estimate of drug-likeness (QED) is 0.863. The van der Waals surface area contributed by atoms with Crippen LogP contribution >= 0.6 is 0 Å². The van der Waals surface area contributed by atoms with Gasteiger partial charge in [-0.1, -0.05) is 50.2 Å². The van der Waals surface area contributed by atoms with Crippen molar-refractivity contribution in [3.63, 3.8) is 0 Å². The summed E-state index contributed by atoms with van der Waals surface area (Å²) in [5.41, 5.74) is 9.31. The number of hydrogen-bond acceptors (Lipinski definition) is 1. The minimum absolute atomic E-state index is 0.246. The van der Waals surface area contributed by atoms with Crippen molar-refractivity contribution < 1.29 is 4.39 Å². The maximum atomic E-state index is 13.2. The number of hydrogen-bond donors (Lipinski definition) is 1. The van der Waals surface area contributed by atoms with Gasteiger partial charge in [-0.2, -0.15) is 0 Å². The van der Waals surface area contributed by atoms with Crippen LogP contribution in [0.5, 0.6) is 0 Å². The number of benzene rings is 2. The first-order valence-electron chi connectivity index (χ1n) is 6.72. The Kier molecular flexibility index (Phi) is 4.33. The molecule has 0 heterocycles. The van der Waals surface area contributed by atoms with Crippen molar-refractivity contribution >= 4 is 0 Å². The maximum Gasteiger partial charge on any atom is 0.123 e. The molecule has 0 aromatic heterocycles. The summed E-state index contributed by atoms with van der Waals surface area (Å²) in [7, 11) is 0. The van der Waals surface area contributed by atoms with Gasteiger partial charge in [-0.05, 0) is 41.2 Å². The molecule has 1 nitrogen and oxygen atoms in total. The van der Waals surface area contributed by atoms with Crippen LogP contribution < -0.4 is 5.73 Å². The van der Waals surface area contributed by atoms with E-state index in [-0.39, 0.29) is 11.9 Å². The average molecular weight is 257 g/mol. The van der Waals surface area contributed by atoms with Crippen LogP contribution in [0.25, 0.3) is 0 Å². The zero-order valence-corrected chi connectivity index (χ0v) is 11.4. The molecule has 2 aromatic carbocycles. The summed E-state index contributed by atoms with van der Waals surface area (Å²) in [6.45, 7) is 4.39. The normalized spacial score (nSPS) is 14.1. The van der Waals surface area contributed by atoms with Crippen LogP contribution in [0.1, 0.15) is 48.9 Å². The van der Waals surface area contributed by atoms with Crippen LogP contribution in [-0.4, -0.2) is 0 Å². The second-order valence-electron chi connectivity index (χ2n) is 5.01. The van der Waals surface area contributed by atoms with Crippen molar-refractivity contribution in [1.29, 1.82) is 0 Å². The summed E-state index contributed by atoms with van der Waals surface area (Å²) in [5, 5.41) is 0. The molecule has 0 amide bonds. The molecule has 0 aliphatic rings. The molecular weight excluding hydrogens is 237 g/mol. The van der Waals surface area contributed by atoms with Crippen LogP contribution in [0.15, 0.2) is 48.5 Å². The fraction of sp³-hybridized carbons (Fsp3) is 0.294. The minimum Gasteiger partial charge on any atom is -0.320 e. The Balaban J connectivity index is 2.22. The van der Waals surface area contributed by atoms with Crippen LogP contribution in [0.3, 0.4) is 0 Å². The number of nitrogens with two attached hydrogens (primary N) is 1. The molecule has 2 heteroatoms. The van der Waals surface area contributed by atoms with E-state index in [1.165, 1.54) is 17.7 Å². The molecule has 0 radical (unpaired) electrons. The van der Waals surface area contributed by atoms with Gasteiger partial charge in [0.1, 0.15) is 5.82 Å². The van der Waals surface area contributed by atoms with Gasteiger partial charge in [0, 0.05) is 0 Å². The first-order valence-corrected chi connectivity index (χ1v) is 6.72. The predicted molar refractivity (Wildman–Crippen MR) is 77.6 cm³/mol. The van der Waals surface area contributed by atoms with Crippen molar-refractivity contribution in [2.45, 2.75) is 32.2 Å². The predicted octanol–water partition coefficient (Wildman–Crippen LogP) is 4.39. The maximum absolute atomic E-state index is 13.2. The summed E-state index contributed by atoms with van der Waals surface area (Å²) < 4.78 is 13.2. The molecule has 0 saturated carbocycles. The molecule has 0 spiro atoms. The minimum atomic E-state index is -0.276. The van der Waals surface area contributed by atoms with Gasteiger partial charge in [-0.15, -0.1) is 0 Å². The Hall–Kier alpha value is -1.67. The van der Waals surface area contributed by atoms with E-state index in [1.807, 2.05) is 18.2 Å². The van der Waals surface area contributed by atoms with Crippen molar-refractivity contribution in [2.24, 2.45) is 5.73 Å². The largest absolute Gasteiger partial charge is 0.320 e. The molecule has 2 unspecified atom stereocenters. The highest BCUT2D eigenvalue weighted by molar-refractivity contribution is 5.34. The average Bonchev–Trinajstić information content (AvgIpc) is 2.46. The smallest absolute Gasteiger partial charge is 0.123 e. The molecule has 0 fully saturated rings. The van der Waals surface area contributed by atoms with E-state index < -0.39 is 0 Å². The summed E-state index contributed by atoms with van der Waals surface area (Å²) in [4.78, 5) is 0. The molecule has 19 heavy (non-hydrogen) atoms. The Morgan fingerprint density at radius 3 is 2.21 bits per heavy atom. The lowest BCUT2D eigenvalue weighted by Gasteiger charge is -2.15. The van der Waals surface area contributed by atoms with Gasteiger partial charge >= 0.3 is 0 Å². The third-order valence-electron chi connectivity index (χ3n) is 3.68. The molecule has 100 valence electrons. The SMILES string of the molecule is CCC(C)c1ccc(C(N)c2cccc(F)c2)cc1. The van der Waals surface area contributed by atoms with Crippen molar-refractivity contribution in [1.82, 2.24) is 0 Å². The van der Waals surface area contributed by atoms with Gasteiger partial charge in [0.2, 0.25) is 0 Å². The van der Waals surface area contributed by atoms with Gasteiger partial charge in [-0.3, -0.25) is 0 Å². The topological polar surface area (TPSA) is 26.0 Å². The van der Waals surface area contributed by atoms with E-state index in [9.17, 15) is 4.39 Å². The fourth-order valence-electron chi connectivity index (χ4n) is 2.16. The molecule has 0 aliphatic carbocycles.